The fourth-order valence-corrected chi connectivity index (χ4v) is 2.28. The lowest BCUT2D eigenvalue weighted by Crippen LogP contribution is -2.50. The van der Waals surface area contributed by atoms with Crippen molar-refractivity contribution < 1.29 is 24.2 Å². The molecule has 0 aliphatic heterocycles. The van der Waals surface area contributed by atoms with Crippen LogP contribution in [-0.4, -0.2) is 34.7 Å². The number of fused-ring (bicyclic) bond motifs is 1. The first-order chi connectivity index (χ1) is 12.1. The van der Waals surface area contributed by atoms with E-state index in [4.69, 9.17) is 4.74 Å². The minimum absolute atomic E-state index is 0.0532. The average molecular weight is 358 g/mol. The Morgan fingerprint density at radius 2 is 1.73 bits per heavy atom. The molecule has 7 heteroatoms. The number of imide groups is 1. The third kappa shape index (κ3) is 4.72. The SMILES string of the molecule is C[C@H](OC(=O)c1ccc2ccccc2c1O)C(=O)NC(=O)NC(C)(C)C. The molecule has 3 N–H and O–H groups in total. The summed E-state index contributed by atoms with van der Waals surface area (Å²) in [6, 6.07) is 9.45. The van der Waals surface area contributed by atoms with Gasteiger partial charge in [0.2, 0.25) is 0 Å². The van der Waals surface area contributed by atoms with Crippen molar-refractivity contribution in [2.45, 2.75) is 39.3 Å². The first kappa shape index (κ1) is 19.2. The number of nitrogens with one attached hydrogen (secondary N) is 2. The largest absolute Gasteiger partial charge is 0.506 e. The number of ether oxygens (including phenoxy) is 1. The Morgan fingerprint density at radius 1 is 1.08 bits per heavy atom. The normalized spacial score (nSPS) is 12.3. The molecule has 0 bridgehead atoms. The molecule has 0 saturated heterocycles. The quantitative estimate of drug-likeness (QED) is 0.732. The fraction of sp³-hybridized carbons (Fsp3) is 0.316. The van der Waals surface area contributed by atoms with Gasteiger partial charge in [-0.15, -0.1) is 0 Å². The second kappa shape index (κ2) is 7.43. The van der Waals surface area contributed by atoms with Gasteiger partial charge in [0, 0.05) is 10.9 Å². The van der Waals surface area contributed by atoms with Gasteiger partial charge in [-0.3, -0.25) is 10.1 Å². The maximum atomic E-state index is 12.3. The van der Waals surface area contributed by atoms with Gasteiger partial charge in [-0.05, 0) is 39.1 Å². The van der Waals surface area contributed by atoms with Crippen molar-refractivity contribution in [3.8, 4) is 5.75 Å². The lowest BCUT2D eigenvalue weighted by Gasteiger charge is -2.21. The highest BCUT2D eigenvalue weighted by atomic mass is 16.5. The summed E-state index contributed by atoms with van der Waals surface area (Å²) in [4.78, 5) is 36.0. The standard InChI is InChI=1S/C19H22N2O5/c1-11(16(23)20-18(25)21-19(2,3)4)26-17(24)14-10-9-12-7-5-6-8-13(12)15(14)22/h5-11,22H,1-4H3,(H2,20,21,23,25)/t11-/m0/s1. The van der Waals surface area contributed by atoms with Gasteiger partial charge in [0.25, 0.3) is 5.91 Å². The predicted molar refractivity (Wildman–Crippen MR) is 96.9 cm³/mol. The second-order valence-electron chi connectivity index (χ2n) is 6.92. The molecule has 0 aromatic heterocycles. The molecule has 2 aromatic rings. The molecule has 138 valence electrons. The van der Waals surface area contributed by atoms with E-state index in [0.29, 0.717) is 5.39 Å². The van der Waals surface area contributed by atoms with Crippen LogP contribution in [0, 0.1) is 0 Å². The van der Waals surface area contributed by atoms with Gasteiger partial charge >= 0.3 is 12.0 Å². The minimum Gasteiger partial charge on any atom is -0.506 e. The maximum absolute atomic E-state index is 12.3. The maximum Gasteiger partial charge on any atom is 0.342 e. The Balaban J connectivity index is 2.06. The van der Waals surface area contributed by atoms with Crippen LogP contribution in [0.4, 0.5) is 4.79 Å². The van der Waals surface area contributed by atoms with E-state index in [-0.39, 0.29) is 11.3 Å². The van der Waals surface area contributed by atoms with Crippen molar-refractivity contribution >= 4 is 28.7 Å². The monoisotopic (exact) mass is 358 g/mol. The molecule has 0 aliphatic carbocycles. The van der Waals surface area contributed by atoms with Crippen LogP contribution in [0.15, 0.2) is 36.4 Å². The van der Waals surface area contributed by atoms with Crippen LogP contribution in [0.5, 0.6) is 5.75 Å². The van der Waals surface area contributed by atoms with Gasteiger partial charge in [0.05, 0.1) is 0 Å². The molecule has 3 amide bonds. The summed E-state index contributed by atoms with van der Waals surface area (Å²) in [6.45, 7) is 6.64. The Hall–Kier alpha value is -3.09. The summed E-state index contributed by atoms with van der Waals surface area (Å²) < 4.78 is 5.07. The van der Waals surface area contributed by atoms with Crippen molar-refractivity contribution in [2.75, 3.05) is 0 Å². The molecule has 1 atom stereocenters. The molecule has 2 aromatic carbocycles. The second-order valence-corrected chi connectivity index (χ2v) is 6.92. The number of hydrogen-bond acceptors (Lipinski definition) is 5. The van der Waals surface area contributed by atoms with E-state index in [1.54, 1.807) is 45.0 Å². The van der Waals surface area contributed by atoms with E-state index >= 15 is 0 Å². The lowest BCUT2D eigenvalue weighted by molar-refractivity contribution is -0.127. The highest BCUT2D eigenvalue weighted by Gasteiger charge is 2.24. The van der Waals surface area contributed by atoms with E-state index < -0.39 is 29.6 Å². The summed E-state index contributed by atoms with van der Waals surface area (Å²) in [7, 11) is 0. The Morgan fingerprint density at radius 3 is 2.38 bits per heavy atom. The summed E-state index contributed by atoms with van der Waals surface area (Å²) in [6.07, 6.45) is -1.21. The van der Waals surface area contributed by atoms with E-state index in [9.17, 15) is 19.5 Å². The number of rotatable bonds is 3. The zero-order chi connectivity index (χ0) is 19.5. The number of aromatic hydroxyl groups is 1. The van der Waals surface area contributed by atoms with Crippen molar-refractivity contribution in [2.24, 2.45) is 0 Å². The zero-order valence-corrected chi connectivity index (χ0v) is 15.1. The van der Waals surface area contributed by atoms with Gasteiger partial charge < -0.3 is 15.2 Å². The molecule has 26 heavy (non-hydrogen) atoms. The number of hydrogen-bond donors (Lipinski definition) is 3. The smallest absolute Gasteiger partial charge is 0.342 e. The molecule has 0 fully saturated rings. The fourth-order valence-electron chi connectivity index (χ4n) is 2.28. The highest BCUT2D eigenvalue weighted by molar-refractivity contribution is 6.03. The van der Waals surface area contributed by atoms with Crippen LogP contribution in [0.2, 0.25) is 0 Å². The van der Waals surface area contributed by atoms with Crippen LogP contribution in [0.25, 0.3) is 10.8 Å². The topological polar surface area (TPSA) is 105 Å². The number of carbonyl (C=O) groups is 3. The van der Waals surface area contributed by atoms with Crippen LogP contribution < -0.4 is 10.6 Å². The van der Waals surface area contributed by atoms with Crippen LogP contribution in [0.1, 0.15) is 38.1 Å². The van der Waals surface area contributed by atoms with Gasteiger partial charge in [0.1, 0.15) is 11.3 Å². The Bertz CT molecular complexity index is 855. The van der Waals surface area contributed by atoms with Crippen molar-refractivity contribution in [3.63, 3.8) is 0 Å². The van der Waals surface area contributed by atoms with Gasteiger partial charge in [0.15, 0.2) is 6.10 Å². The number of phenols is 1. The molecule has 0 saturated carbocycles. The molecule has 0 heterocycles. The molecule has 7 nitrogen and oxygen atoms in total. The zero-order valence-electron chi connectivity index (χ0n) is 15.1. The van der Waals surface area contributed by atoms with Gasteiger partial charge in [-0.1, -0.05) is 30.3 Å². The van der Waals surface area contributed by atoms with Crippen LogP contribution in [-0.2, 0) is 9.53 Å². The van der Waals surface area contributed by atoms with E-state index in [0.717, 1.165) is 5.39 Å². The van der Waals surface area contributed by atoms with E-state index in [1.165, 1.54) is 13.0 Å². The van der Waals surface area contributed by atoms with Gasteiger partial charge in [-0.25, -0.2) is 9.59 Å². The third-order valence-corrected chi connectivity index (χ3v) is 3.50. The molecule has 0 spiro atoms. The van der Waals surface area contributed by atoms with Crippen molar-refractivity contribution in [3.05, 3.63) is 42.0 Å². The summed E-state index contributed by atoms with van der Waals surface area (Å²) in [5.41, 5.74) is -0.566. The molecule has 0 radical (unpaired) electrons. The summed E-state index contributed by atoms with van der Waals surface area (Å²) >= 11 is 0. The predicted octanol–water partition coefficient (Wildman–Crippen LogP) is 2.72. The first-order valence-corrected chi connectivity index (χ1v) is 8.13. The summed E-state index contributed by atoms with van der Waals surface area (Å²) in [5.74, 6) is -1.83. The number of carbonyl (C=O) groups excluding carboxylic acids is 3. The summed E-state index contributed by atoms with van der Waals surface area (Å²) in [5, 5.41) is 16.2. The highest BCUT2D eigenvalue weighted by Crippen LogP contribution is 2.29. The number of phenolic OH excluding ortho intramolecular Hbond substituents is 1. The molecule has 0 aliphatic rings. The Labute approximate surface area is 151 Å². The van der Waals surface area contributed by atoms with E-state index in [1.807, 2.05) is 6.07 Å². The number of benzene rings is 2. The number of esters is 1. The van der Waals surface area contributed by atoms with Crippen LogP contribution in [0.3, 0.4) is 0 Å². The van der Waals surface area contributed by atoms with Crippen LogP contribution >= 0.6 is 0 Å². The molecule has 0 unspecified atom stereocenters. The van der Waals surface area contributed by atoms with Gasteiger partial charge in [-0.2, -0.15) is 0 Å². The molecule has 2 rings (SSSR count). The van der Waals surface area contributed by atoms with Crippen molar-refractivity contribution in [1.82, 2.24) is 10.6 Å². The van der Waals surface area contributed by atoms with Crippen molar-refractivity contribution in [1.29, 1.82) is 0 Å². The minimum atomic E-state index is -1.21. The third-order valence-electron chi connectivity index (χ3n) is 3.50. The number of urea groups is 1. The number of amides is 3. The van der Waals surface area contributed by atoms with E-state index in [2.05, 4.69) is 10.6 Å². The Kier molecular flexibility index (Phi) is 5.50. The lowest BCUT2D eigenvalue weighted by atomic mass is 10.1. The first-order valence-electron chi connectivity index (χ1n) is 8.13. The molecular weight excluding hydrogens is 336 g/mol. The molecular formula is C19H22N2O5. The average Bonchev–Trinajstić information content (AvgIpc) is 2.53.